The number of thioether (sulfide) groups is 1. The van der Waals surface area contributed by atoms with Gasteiger partial charge in [0.1, 0.15) is 10.9 Å². The zero-order valence-electron chi connectivity index (χ0n) is 24.1. The fourth-order valence-corrected chi connectivity index (χ4v) is 7.08. The summed E-state index contributed by atoms with van der Waals surface area (Å²) in [5, 5.41) is 12.3. The molecule has 1 aromatic heterocycles. The van der Waals surface area contributed by atoms with E-state index in [4.69, 9.17) is 0 Å². The number of rotatable bonds is 12. The van der Waals surface area contributed by atoms with Crippen molar-refractivity contribution in [3.05, 3.63) is 65.6 Å². The van der Waals surface area contributed by atoms with Crippen LogP contribution in [-0.4, -0.2) is 47.4 Å². The summed E-state index contributed by atoms with van der Waals surface area (Å²) in [5.74, 6) is -3.60. The van der Waals surface area contributed by atoms with E-state index in [0.717, 1.165) is 25.7 Å². The molecule has 2 amide bonds. The molecule has 1 atom stereocenters. The molecule has 0 bridgehead atoms. The second-order valence-electron chi connectivity index (χ2n) is 10.7. The highest BCUT2D eigenvalue weighted by molar-refractivity contribution is 7.99. The average molecular weight is 635 g/mol. The number of carboxylic acid groups (broad SMARTS) is 1. The number of nitrogens with one attached hydrogen (secondary N) is 2. The first kappa shape index (κ1) is 32.5. The number of aromatic carboxylic acids is 1. The van der Waals surface area contributed by atoms with Crippen LogP contribution < -0.4 is 10.0 Å². The fraction of sp³-hybridized carbons (Fsp3) is 0.433. The van der Waals surface area contributed by atoms with Gasteiger partial charge in [-0.15, -0.1) is 0 Å². The first-order valence-corrected chi connectivity index (χ1v) is 16.6. The van der Waals surface area contributed by atoms with Crippen molar-refractivity contribution in [1.29, 1.82) is 0 Å². The molecule has 9 nitrogen and oxygen atoms in total. The van der Waals surface area contributed by atoms with Crippen molar-refractivity contribution in [2.75, 3.05) is 6.54 Å². The molecule has 0 aliphatic heterocycles. The highest BCUT2D eigenvalue weighted by Gasteiger charge is 2.28. The Labute approximate surface area is 254 Å². The Kier molecular flexibility index (Phi) is 10.8. The van der Waals surface area contributed by atoms with Crippen LogP contribution >= 0.6 is 11.8 Å². The molecule has 3 aromatic rings. The number of benzene rings is 2. The number of alkyl halides is 2. The van der Waals surface area contributed by atoms with E-state index in [1.165, 1.54) is 17.1 Å². The number of imidazole rings is 1. The number of carbonyl (C=O) groups is 2. The van der Waals surface area contributed by atoms with Crippen molar-refractivity contribution in [2.45, 2.75) is 80.5 Å². The molecule has 1 aliphatic rings. The largest absolute Gasteiger partial charge is 0.476 e. The van der Waals surface area contributed by atoms with Gasteiger partial charge in [-0.1, -0.05) is 75.6 Å². The van der Waals surface area contributed by atoms with Gasteiger partial charge < -0.3 is 15.0 Å². The fourth-order valence-electron chi connectivity index (χ4n) is 5.29. The minimum atomic E-state index is -4.19. The number of hydrogen-bond donors (Lipinski definition) is 3. The maximum atomic E-state index is 13.2. The van der Waals surface area contributed by atoms with Gasteiger partial charge in [0.15, 0.2) is 5.69 Å². The van der Waals surface area contributed by atoms with Crippen molar-refractivity contribution in [1.82, 2.24) is 19.6 Å². The Morgan fingerprint density at radius 1 is 1.09 bits per heavy atom. The first-order chi connectivity index (χ1) is 20.5. The highest BCUT2D eigenvalue weighted by atomic mass is 32.2. The van der Waals surface area contributed by atoms with Crippen molar-refractivity contribution >= 4 is 33.8 Å². The molecule has 43 heavy (non-hydrogen) atoms. The van der Waals surface area contributed by atoms with Crippen molar-refractivity contribution in [3.8, 4) is 11.1 Å². The summed E-state index contributed by atoms with van der Waals surface area (Å²) in [6, 6.07) is 12.4. The van der Waals surface area contributed by atoms with E-state index < -0.39 is 27.8 Å². The van der Waals surface area contributed by atoms with Crippen LogP contribution in [0.3, 0.4) is 0 Å². The Bertz CT molecular complexity index is 1540. The Balaban J connectivity index is 1.56. The summed E-state index contributed by atoms with van der Waals surface area (Å²) in [6.07, 6.45) is 6.06. The normalized spacial score (nSPS) is 14.9. The molecule has 232 valence electrons. The Hall–Kier alpha value is -3.45. The molecule has 2 aromatic carbocycles. The van der Waals surface area contributed by atoms with Crippen LogP contribution in [0.5, 0.6) is 0 Å². The van der Waals surface area contributed by atoms with Gasteiger partial charge in [0, 0.05) is 24.6 Å². The number of urea groups is 1. The van der Waals surface area contributed by atoms with Crippen molar-refractivity contribution in [2.24, 2.45) is 5.92 Å². The smallest absolute Gasteiger partial charge is 0.355 e. The number of aromatic nitrogens is 2. The number of amides is 2. The van der Waals surface area contributed by atoms with Crippen LogP contribution in [0.15, 0.2) is 58.5 Å². The molecule has 1 heterocycles. The average Bonchev–Trinajstić information content (AvgIpc) is 3.33. The zero-order valence-corrected chi connectivity index (χ0v) is 25.7. The summed E-state index contributed by atoms with van der Waals surface area (Å²) in [7, 11) is -4.19. The predicted molar refractivity (Wildman–Crippen MR) is 161 cm³/mol. The lowest BCUT2D eigenvalue weighted by Crippen LogP contribution is -2.41. The molecule has 1 fully saturated rings. The topological polar surface area (TPSA) is 130 Å². The molecule has 1 unspecified atom stereocenters. The minimum Gasteiger partial charge on any atom is -0.476 e. The van der Waals surface area contributed by atoms with Crippen LogP contribution in [0.1, 0.15) is 80.2 Å². The van der Waals surface area contributed by atoms with Crippen LogP contribution in [0.2, 0.25) is 0 Å². The van der Waals surface area contributed by atoms with Crippen LogP contribution in [0, 0.1) is 5.92 Å². The van der Waals surface area contributed by atoms with Gasteiger partial charge in [0.2, 0.25) is 0 Å². The molecule has 1 aliphatic carbocycles. The third-order valence-corrected chi connectivity index (χ3v) is 9.78. The van der Waals surface area contributed by atoms with Gasteiger partial charge in [0.25, 0.3) is 15.8 Å². The number of sulfonamides is 1. The molecular formula is C30H36F2N4O5S2. The maximum absolute atomic E-state index is 13.2. The van der Waals surface area contributed by atoms with E-state index in [-0.39, 0.29) is 39.8 Å². The monoisotopic (exact) mass is 634 g/mol. The summed E-state index contributed by atoms with van der Waals surface area (Å²) >= 11 is 0.107. The van der Waals surface area contributed by atoms with E-state index in [0.29, 0.717) is 41.4 Å². The first-order valence-electron chi connectivity index (χ1n) is 14.3. The van der Waals surface area contributed by atoms with E-state index >= 15 is 0 Å². The van der Waals surface area contributed by atoms with E-state index in [1.54, 1.807) is 42.5 Å². The molecule has 13 heteroatoms. The number of halogens is 2. The standard InChI is InChI=1S/C30H36F2N4O5S2/c1-3-19(2)26-34-27(42-29(31)32)25(28(37)38)36(26)18-21-13-15-22(16-14-21)23-11-7-8-12-24(23)43(40,41)35-30(39)33-17-20-9-5-4-6-10-20/h7-8,11-16,19-20,29H,3-6,9-10,17-18H2,1-2H3,(H,37,38)(H2,33,35,39). The summed E-state index contributed by atoms with van der Waals surface area (Å²) in [6.45, 7) is 4.25. The lowest BCUT2D eigenvalue weighted by atomic mass is 9.89. The van der Waals surface area contributed by atoms with Gasteiger partial charge in [-0.2, -0.15) is 8.78 Å². The number of hydrogen-bond acceptors (Lipinski definition) is 6. The van der Waals surface area contributed by atoms with Gasteiger partial charge in [-0.3, -0.25) is 0 Å². The van der Waals surface area contributed by atoms with Crippen molar-refractivity contribution < 1.29 is 31.9 Å². The van der Waals surface area contributed by atoms with Gasteiger partial charge in [-0.05, 0) is 54.1 Å². The van der Waals surface area contributed by atoms with Crippen LogP contribution in [0.4, 0.5) is 13.6 Å². The van der Waals surface area contributed by atoms with E-state index in [2.05, 4.69) is 15.0 Å². The SMILES string of the molecule is CCC(C)c1nc(SC(F)F)c(C(=O)O)n1Cc1ccc(-c2ccccc2S(=O)(=O)NC(=O)NCC2CCCCC2)cc1. The molecule has 4 rings (SSSR count). The molecule has 1 saturated carbocycles. The van der Waals surface area contributed by atoms with Gasteiger partial charge >= 0.3 is 12.0 Å². The third-order valence-electron chi connectivity index (χ3n) is 7.71. The van der Waals surface area contributed by atoms with E-state index in [9.17, 15) is 31.9 Å². The van der Waals surface area contributed by atoms with Crippen LogP contribution in [-0.2, 0) is 16.6 Å². The van der Waals surface area contributed by atoms with Gasteiger partial charge in [0.05, 0.1) is 4.90 Å². The second-order valence-corrected chi connectivity index (χ2v) is 13.3. The van der Waals surface area contributed by atoms with E-state index in [1.807, 2.05) is 13.8 Å². The highest BCUT2D eigenvalue weighted by Crippen LogP contribution is 2.33. The Morgan fingerprint density at radius 3 is 2.40 bits per heavy atom. The molecule has 3 N–H and O–H groups in total. The molecular weight excluding hydrogens is 598 g/mol. The van der Waals surface area contributed by atoms with Crippen LogP contribution in [0.25, 0.3) is 11.1 Å². The molecule has 0 saturated heterocycles. The maximum Gasteiger partial charge on any atom is 0.355 e. The minimum absolute atomic E-state index is 0.0638. The summed E-state index contributed by atoms with van der Waals surface area (Å²) in [5.41, 5.74) is 1.32. The predicted octanol–water partition coefficient (Wildman–Crippen LogP) is 6.69. The molecule has 0 radical (unpaired) electrons. The summed E-state index contributed by atoms with van der Waals surface area (Å²) < 4.78 is 56.3. The summed E-state index contributed by atoms with van der Waals surface area (Å²) in [4.78, 5) is 28.8. The van der Waals surface area contributed by atoms with Crippen molar-refractivity contribution in [3.63, 3.8) is 0 Å². The lowest BCUT2D eigenvalue weighted by Gasteiger charge is -2.21. The number of carboxylic acids is 1. The molecule has 0 spiro atoms. The number of nitrogens with zero attached hydrogens (tertiary/aromatic N) is 2. The third kappa shape index (κ3) is 8.14. The number of carbonyl (C=O) groups excluding carboxylic acids is 1. The quantitative estimate of drug-likeness (QED) is 0.189. The van der Waals surface area contributed by atoms with Gasteiger partial charge in [-0.25, -0.2) is 27.7 Å². The zero-order chi connectivity index (χ0) is 31.1. The second kappa shape index (κ2) is 14.3. The lowest BCUT2D eigenvalue weighted by molar-refractivity contribution is 0.0680. The Morgan fingerprint density at radius 2 is 1.77 bits per heavy atom.